The first kappa shape index (κ1) is 13.9. The summed E-state index contributed by atoms with van der Waals surface area (Å²) in [7, 11) is 0. The Morgan fingerprint density at radius 2 is 1.94 bits per heavy atom. The summed E-state index contributed by atoms with van der Waals surface area (Å²) in [6.07, 6.45) is 2.41. The zero-order valence-corrected chi connectivity index (χ0v) is 13.7. The lowest BCUT2D eigenvalue weighted by Crippen LogP contribution is -2.37. The topological polar surface area (TPSA) is 12.0 Å². The molecule has 0 fully saturated rings. The van der Waals surface area contributed by atoms with Crippen LogP contribution in [-0.2, 0) is 6.42 Å². The second kappa shape index (κ2) is 4.88. The highest BCUT2D eigenvalue weighted by atomic mass is 79.9. The summed E-state index contributed by atoms with van der Waals surface area (Å²) in [5.74, 6) is 0.558. The monoisotopic (exact) mass is 309 g/mol. The van der Waals surface area contributed by atoms with Gasteiger partial charge in [0.15, 0.2) is 0 Å². The van der Waals surface area contributed by atoms with Crippen LogP contribution in [0.25, 0.3) is 0 Å². The summed E-state index contributed by atoms with van der Waals surface area (Å²) in [6, 6.07) is 5.11. The lowest BCUT2D eigenvalue weighted by Gasteiger charge is -2.38. The summed E-state index contributed by atoms with van der Waals surface area (Å²) in [6.45, 7) is 11.5. The molecule has 0 bridgehead atoms. The van der Waals surface area contributed by atoms with Gasteiger partial charge in [-0.2, -0.15) is 0 Å². The summed E-state index contributed by atoms with van der Waals surface area (Å²) in [5.41, 5.74) is 4.61. The molecule has 1 aliphatic rings. The normalized spacial score (nSPS) is 19.6. The third-order valence-electron chi connectivity index (χ3n) is 3.90. The first-order chi connectivity index (χ1) is 8.29. The quantitative estimate of drug-likeness (QED) is 0.737. The molecular formula is C16H24BrN. The summed E-state index contributed by atoms with van der Waals surface area (Å²) in [5, 5.41) is 3.79. The Labute approximate surface area is 119 Å². The van der Waals surface area contributed by atoms with E-state index in [1.165, 1.54) is 34.1 Å². The van der Waals surface area contributed by atoms with Crippen LogP contribution in [0.3, 0.4) is 0 Å². The van der Waals surface area contributed by atoms with Crippen LogP contribution >= 0.6 is 15.9 Å². The molecule has 1 N–H and O–H groups in total. The molecule has 1 unspecified atom stereocenters. The van der Waals surface area contributed by atoms with Gasteiger partial charge in [0.25, 0.3) is 0 Å². The Morgan fingerprint density at radius 3 is 2.50 bits per heavy atom. The van der Waals surface area contributed by atoms with Crippen molar-refractivity contribution in [1.29, 1.82) is 0 Å². The average molecular weight is 310 g/mol. The van der Waals surface area contributed by atoms with Crippen molar-refractivity contribution in [3.05, 3.63) is 27.7 Å². The minimum atomic E-state index is 0.318. The van der Waals surface area contributed by atoms with E-state index in [1.54, 1.807) is 0 Å². The molecule has 0 amide bonds. The molecule has 0 aliphatic carbocycles. The third-order valence-corrected chi connectivity index (χ3v) is 4.36. The molecule has 0 saturated carbocycles. The van der Waals surface area contributed by atoms with Crippen molar-refractivity contribution in [3.8, 4) is 0 Å². The van der Waals surface area contributed by atoms with Gasteiger partial charge in [0.05, 0.1) is 0 Å². The van der Waals surface area contributed by atoms with Gasteiger partial charge in [0, 0.05) is 16.2 Å². The number of fused-ring (bicyclic) bond motifs is 1. The highest BCUT2D eigenvalue weighted by Gasteiger charge is 2.29. The minimum absolute atomic E-state index is 0.318. The lowest BCUT2D eigenvalue weighted by molar-refractivity contribution is 0.320. The Kier molecular flexibility index (Phi) is 3.77. The van der Waals surface area contributed by atoms with Gasteiger partial charge in [-0.3, -0.25) is 0 Å². The fourth-order valence-corrected chi connectivity index (χ4v) is 3.23. The van der Waals surface area contributed by atoms with E-state index >= 15 is 0 Å². The molecule has 0 radical (unpaired) electrons. The minimum Gasteiger partial charge on any atom is -0.381 e. The zero-order chi connectivity index (χ0) is 13.5. The van der Waals surface area contributed by atoms with Gasteiger partial charge in [-0.05, 0) is 47.4 Å². The third kappa shape index (κ3) is 2.74. The lowest BCUT2D eigenvalue weighted by atomic mass is 9.80. The molecule has 2 rings (SSSR count). The van der Waals surface area contributed by atoms with Crippen molar-refractivity contribution in [2.75, 3.05) is 5.32 Å². The van der Waals surface area contributed by atoms with Crippen LogP contribution in [-0.4, -0.2) is 6.04 Å². The van der Waals surface area contributed by atoms with E-state index in [1.807, 2.05) is 0 Å². The van der Waals surface area contributed by atoms with E-state index in [0.717, 1.165) is 0 Å². The van der Waals surface area contributed by atoms with Crippen molar-refractivity contribution in [1.82, 2.24) is 0 Å². The zero-order valence-electron chi connectivity index (χ0n) is 12.1. The van der Waals surface area contributed by atoms with Gasteiger partial charge in [0.2, 0.25) is 0 Å². The molecular weight excluding hydrogens is 286 g/mol. The highest BCUT2D eigenvalue weighted by molar-refractivity contribution is 9.10. The van der Waals surface area contributed by atoms with Crippen LogP contribution in [0, 0.1) is 5.41 Å². The molecule has 0 aromatic heterocycles. The second-order valence-corrected chi connectivity index (χ2v) is 7.70. The van der Waals surface area contributed by atoms with E-state index in [-0.39, 0.29) is 0 Å². The van der Waals surface area contributed by atoms with Crippen LogP contribution in [0.4, 0.5) is 5.69 Å². The predicted octanol–water partition coefficient (Wildman–Crippen LogP) is 5.35. The first-order valence-corrected chi connectivity index (χ1v) is 7.67. The maximum atomic E-state index is 3.79. The van der Waals surface area contributed by atoms with E-state index in [2.05, 4.69) is 68.0 Å². The van der Waals surface area contributed by atoms with Crippen molar-refractivity contribution in [2.45, 2.75) is 59.4 Å². The van der Waals surface area contributed by atoms with Gasteiger partial charge < -0.3 is 5.32 Å². The molecule has 1 heterocycles. The number of nitrogens with one attached hydrogen (secondary N) is 1. The average Bonchev–Trinajstić information content (AvgIpc) is 2.25. The van der Waals surface area contributed by atoms with Crippen LogP contribution in [0.5, 0.6) is 0 Å². The van der Waals surface area contributed by atoms with Crippen molar-refractivity contribution < 1.29 is 0 Å². The SMILES string of the molecule is CC(C)c1cc(Br)cc2c1NC(C(C)(C)C)CC2. The van der Waals surface area contributed by atoms with Gasteiger partial charge in [-0.15, -0.1) is 0 Å². The molecule has 0 spiro atoms. The van der Waals surface area contributed by atoms with Gasteiger partial charge in [-0.1, -0.05) is 50.5 Å². The van der Waals surface area contributed by atoms with E-state index in [9.17, 15) is 0 Å². The number of hydrogen-bond donors (Lipinski definition) is 1. The molecule has 18 heavy (non-hydrogen) atoms. The number of anilines is 1. The van der Waals surface area contributed by atoms with E-state index in [0.29, 0.717) is 17.4 Å². The van der Waals surface area contributed by atoms with Crippen molar-refractivity contribution in [3.63, 3.8) is 0 Å². The Morgan fingerprint density at radius 1 is 1.28 bits per heavy atom. The fourth-order valence-electron chi connectivity index (χ4n) is 2.71. The van der Waals surface area contributed by atoms with Crippen LogP contribution in [0.2, 0.25) is 0 Å². The first-order valence-electron chi connectivity index (χ1n) is 6.88. The Hall–Kier alpha value is -0.500. The predicted molar refractivity (Wildman–Crippen MR) is 83.4 cm³/mol. The number of rotatable bonds is 1. The number of hydrogen-bond acceptors (Lipinski definition) is 1. The van der Waals surface area contributed by atoms with Crippen LogP contribution in [0.15, 0.2) is 16.6 Å². The molecule has 0 saturated heterocycles. The molecule has 1 atom stereocenters. The Balaban J connectivity index is 2.41. The van der Waals surface area contributed by atoms with E-state index in [4.69, 9.17) is 0 Å². The van der Waals surface area contributed by atoms with Gasteiger partial charge >= 0.3 is 0 Å². The molecule has 1 nitrogen and oxygen atoms in total. The van der Waals surface area contributed by atoms with Crippen LogP contribution < -0.4 is 5.32 Å². The molecule has 2 heteroatoms. The summed E-state index contributed by atoms with van der Waals surface area (Å²) in [4.78, 5) is 0. The molecule has 1 aliphatic heterocycles. The van der Waals surface area contributed by atoms with Crippen LogP contribution in [0.1, 0.15) is 58.1 Å². The number of halogens is 1. The van der Waals surface area contributed by atoms with Crippen molar-refractivity contribution in [2.24, 2.45) is 5.41 Å². The second-order valence-electron chi connectivity index (χ2n) is 6.79. The molecule has 100 valence electrons. The summed E-state index contributed by atoms with van der Waals surface area (Å²) < 4.78 is 1.21. The maximum Gasteiger partial charge on any atom is 0.0411 e. The standard InChI is InChI=1S/C16H24BrN/c1-10(2)13-9-12(17)8-11-6-7-14(16(3,4)5)18-15(11)13/h8-10,14,18H,6-7H2,1-5H3. The fraction of sp³-hybridized carbons (Fsp3) is 0.625. The summed E-state index contributed by atoms with van der Waals surface area (Å²) >= 11 is 3.64. The van der Waals surface area contributed by atoms with Gasteiger partial charge in [0.1, 0.15) is 0 Å². The van der Waals surface area contributed by atoms with Gasteiger partial charge in [-0.25, -0.2) is 0 Å². The highest BCUT2D eigenvalue weighted by Crippen LogP contribution is 2.39. The Bertz CT molecular complexity index is 443. The molecule has 1 aromatic rings. The van der Waals surface area contributed by atoms with E-state index < -0.39 is 0 Å². The smallest absolute Gasteiger partial charge is 0.0411 e. The number of benzene rings is 1. The molecule has 1 aromatic carbocycles. The number of aryl methyl sites for hydroxylation is 1. The van der Waals surface area contributed by atoms with Crippen molar-refractivity contribution >= 4 is 21.6 Å². The maximum absolute atomic E-state index is 3.79. The largest absolute Gasteiger partial charge is 0.381 e.